The van der Waals surface area contributed by atoms with Gasteiger partial charge in [0.25, 0.3) is 0 Å². The molecule has 0 unspecified atom stereocenters. The van der Waals surface area contributed by atoms with Crippen LogP contribution in [-0.4, -0.2) is 16.5 Å². The largest absolute Gasteiger partial charge is 0.369 e. The van der Waals surface area contributed by atoms with E-state index in [1.165, 1.54) is 24.8 Å². The van der Waals surface area contributed by atoms with Crippen LogP contribution in [0.25, 0.3) is 0 Å². The summed E-state index contributed by atoms with van der Waals surface area (Å²) in [7, 11) is 0. The van der Waals surface area contributed by atoms with Gasteiger partial charge >= 0.3 is 5.69 Å². The van der Waals surface area contributed by atoms with Crippen LogP contribution in [0.4, 0.5) is 5.82 Å². The minimum Gasteiger partial charge on any atom is -0.369 e. The summed E-state index contributed by atoms with van der Waals surface area (Å²) in [6, 6.07) is 0. The minimum atomic E-state index is -0.208. The number of H-pyrrole nitrogens is 1. The lowest BCUT2D eigenvalue weighted by Gasteiger charge is -2.26. The highest BCUT2D eigenvalue weighted by Gasteiger charge is 2.27. The molecule has 2 N–H and O–H groups in total. The standard InChI is InChI=1S/C10H13N3O/c14-10-12-8(6-2-1-3-6)7-4-5-11-9(7)13-10/h6H,1-5H2,(H2,11,12,13,14). The second-order valence-electron chi connectivity index (χ2n) is 4.09. The number of aromatic nitrogens is 2. The maximum absolute atomic E-state index is 11.3. The summed E-state index contributed by atoms with van der Waals surface area (Å²) in [5.41, 5.74) is 2.19. The summed E-state index contributed by atoms with van der Waals surface area (Å²) in [6.45, 7) is 0.916. The number of aromatic amines is 1. The highest BCUT2D eigenvalue weighted by Crippen LogP contribution is 2.38. The molecule has 0 saturated heterocycles. The zero-order valence-corrected chi connectivity index (χ0v) is 7.97. The zero-order chi connectivity index (χ0) is 9.54. The summed E-state index contributed by atoms with van der Waals surface area (Å²) >= 11 is 0. The number of anilines is 1. The molecule has 74 valence electrons. The number of hydrogen-bond acceptors (Lipinski definition) is 3. The van der Waals surface area contributed by atoms with Gasteiger partial charge in [-0.2, -0.15) is 4.98 Å². The Balaban J connectivity index is 2.13. The molecule has 0 amide bonds. The normalized spacial score (nSPS) is 20.0. The molecule has 3 rings (SSSR count). The third-order valence-electron chi connectivity index (χ3n) is 3.25. The van der Waals surface area contributed by atoms with Crippen molar-refractivity contribution in [2.75, 3.05) is 11.9 Å². The predicted octanol–water partition coefficient (Wildman–Crippen LogP) is 1.01. The van der Waals surface area contributed by atoms with E-state index in [-0.39, 0.29) is 5.69 Å². The van der Waals surface area contributed by atoms with Crippen molar-refractivity contribution in [3.63, 3.8) is 0 Å². The predicted molar refractivity (Wildman–Crippen MR) is 53.6 cm³/mol. The second kappa shape index (κ2) is 2.83. The lowest BCUT2D eigenvalue weighted by Crippen LogP contribution is -2.20. The molecule has 1 aliphatic heterocycles. The molecule has 0 bridgehead atoms. The molecule has 0 aromatic carbocycles. The van der Waals surface area contributed by atoms with Gasteiger partial charge in [0.15, 0.2) is 0 Å². The fourth-order valence-corrected chi connectivity index (χ4v) is 2.27. The van der Waals surface area contributed by atoms with Gasteiger partial charge < -0.3 is 10.3 Å². The molecule has 2 heterocycles. The van der Waals surface area contributed by atoms with Gasteiger partial charge in [-0.15, -0.1) is 0 Å². The van der Waals surface area contributed by atoms with Crippen LogP contribution < -0.4 is 11.0 Å². The quantitative estimate of drug-likeness (QED) is 0.696. The summed E-state index contributed by atoms with van der Waals surface area (Å²) in [5, 5.41) is 3.15. The van der Waals surface area contributed by atoms with Crippen molar-refractivity contribution in [3.8, 4) is 0 Å². The van der Waals surface area contributed by atoms with Crippen molar-refractivity contribution < 1.29 is 0 Å². The van der Waals surface area contributed by atoms with Crippen molar-refractivity contribution in [2.24, 2.45) is 0 Å². The van der Waals surface area contributed by atoms with E-state index >= 15 is 0 Å². The number of rotatable bonds is 1. The summed E-state index contributed by atoms with van der Waals surface area (Å²) in [4.78, 5) is 18.1. The van der Waals surface area contributed by atoms with E-state index in [0.29, 0.717) is 5.92 Å². The van der Waals surface area contributed by atoms with E-state index in [0.717, 1.165) is 24.5 Å². The number of nitrogens with one attached hydrogen (secondary N) is 2. The first-order valence-electron chi connectivity index (χ1n) is 5.21. The van der Waals surface area contributed by atoms with Crippen LogP contribution in [0.3, 0.4) is 0 Å². The monoisotopic (exact) mass is 191 g/mol. The molecule has 1 aliphatic carbocycles. The maximum Gasteiger partial charge on any atom is 0.347 e. The van der Waals surface area contributed by atoms with Crippen LogP contribution in [0, 0.1) is 0 Å². The first-order valence-corrected chi connectivity index (χ1v) is 5.21. The van der Waals surface area contributed by atoms with E-state index < -0.39 is 0 Å². The minimum absolute atomic E-state index is 0.208. The summed E-state index contributed by atoms with van der Waals surface area (Å²) in [6.07, 6.45) is 4.72. The number of hydrogen-bond donors (Lipinski definition) is 2. The van der Waals surface area contributed by atoms with Crippen LogP contribution in [0.5, 0.6) is 0 Å². The Bertz CT molecular complexity index is 420. The van der Waals surface area contributed by atoms with Crippen LogP contribution in [-0.2, 0) is 6.42 Å². The first kappa shape index (κ1) is 8.03. The van der Waals surface area contributed by atoms with Gasteiger partial charge in [-0.25, -0.2) is 4.79 Å². The molecule has 1 aromatic heterocycles. The fourth-order valence-electron chi connectivity index (χ4n) is 2.27. The van der Waals surface area contributed by atoms with E-state index in [1.54, 1.807) is 0 Å². The van der Waals surface area contributed by atoms with Gasteiger partial charge in [-0.3, -0.25) is 0 Å². The number of nitrogens with zero attached hydrogens (tertiary/aromatic N) is 1. The molecule has 1 aromatic rings. The van der Waals surface area contributed by atoms with Gasteiger partial charge in [-0.05, 0) is 25.2 Å². The maximum atomic E-state index is 11.3. The molecular formula is C10H13N3O. The van der Waals surface area contributed by atoms with E-state index in [9.17, 15) is 4.79 Å². The molecule has 0 atom stereocenters. The van der Waals surface area contributed by atoms with Gasteiger partial charge in [-0.1, -0.05) is 6.42 Å². The van der Waals surface area contributed by atoms with Gasteiger partial charge in [0.1, 0.15) is 5.82 Å². The Kier molecular flexibility index (Phi) is 1.63. The Morgan fingerprint density at radius 1 is 1.36 bits per heavy atom. The topological polar surface area (TPSA) is 57.8 Å². The average molecular weight is 191 g/mol. The highest BCUT2D eigenvalue weighted by atomic mass is 16.1. The summed E-state index contributed by atoms with van der Waals surface area (Å²) in [5.74, 6) is 1.40. The molecule has 1 saturated carbocycles. The molecule has 14 heavy (non-hydrogen) atoms. The lowest BCUT2D eigenvalue weighted by molar-refractivity contribution is 0.407. The van der Waals surface area contributed by atoms with Crippen molar-refractivity contribution >= 4 is 5.82 Å². The fraction of sp³-hybridized carbons (Fsp3) is 0.600. The molecule has 4 heteroatoms. The molecule has 0 spiro atoms. The SMILES string of the molecule is O=c1nc2c(c(C3CCC3)[nH]1)CCN2. The van der Waals surface area contributed by atoms with Crippen molar-refractivity contribution in [3.05, 3.63) is 21.7 Å². The molecule has 1 fully saturated rings. The van der Waals surface area contributed by atoms with Crippen LogP contribution in [0.1, 0.15) is 36.4 Å². The summed E-state index contributed by atoms with van der Waals surface area (Å²) < 4.78 is 0. The highest BCUT2D eigenvalue weighted by molar-refractivity contribution is 5.51. The smallest absolute Gasteiger partial charge is 0.347 e. The van der Waals surface area contributed by atoms with E-state index in [1.807, 2.05) is 0 Å². The van der Waals surface area contributed by atoms with Crippen LogP contribution in [0.2, 0.25) is 0 Å². The van der Waals surface area contributed by atoms with Crippen molar-refractivity contribution in [2.45, 2.75) is 31.6 Å². The van der Waals surface area contributed by atoms with Gasteiger partial charge in [0.05, 0.1) is 0 Å². The van der Waals surface area contributed by atoms with Crippen LogP contribution >= 0.6 is 0 Å². The van der Waals surface area contributed by atoms with Crippen molar-refractivity contribution in [1.82, 2.24) is 9.97 Å². The van der Waals surface area contributed by atoms with Crippen LogP contribution in [0.15, 0.2) is 4.79 Å². The molecular weight excluding hydrogens is 178 g/mol. The second-order valence-corrected chi connectivity index (χ2v) is 4.09. The van der Waals surface area contributed by atoms with E-state index in [4.69, 9.17) is 0 Å². The van der Waals surface area contributed by atoms with Crippen molar-refractivity contribution in [1.29, 1.82) is 0 Å². The Labute approximate surface area is 81.8 Å². The van der Waals surface area contributed by atoms with E-state index in [2.05, 4.69) is 15.3 Å². The average Bonchev–Trinajstić information content (AvgIpc) is 2.47. The number of fused-ring (bicyclic) bond motifs is 1. The molecule has 0 radical (unpaired) electrons. The third-order valence-corrected chi connectivity index (χ3v) is 3.25. The van der Waals surface area contributed by atoms with Gasteiger partial charge in [0, 0.05) is 17.8 Å². The first-order chi connectivity index (χ1) is 6.84. The molecule has 4 nitrogen and oxygen atoms in total. The van der Waals surface area contributed by atoms with Gasteiger partial charge in [0.2, 0.25) is 0 Å². The molecule has 2 aliphatic rings. The Morgan fingerprint density at radius 2 is 2.21 bits per heavy atom. The zero-order valence-electron chi connectivity index (χ0n) is 7.97. The Morgan fingerprint density at radius 3 is 2.93 bits per heavy atom. The lowest BCUT2D eigenvalue weighted by atomic mass is 9.81. The third kappa shape index (κ3) is 1.06. The Hall–Kier alpha value is -1.32.